The van der Waals surface area contributed by atoms with Crippen LogP contribution in [0.15, 0.2) is 29.4 Å². The molecule has 1 amide bonds. The molecule has 0 spiro atoms. The number of carbonyl (C=O) groups excluding carboxylic acids is 1. The van der Waals surface area contributed by atoms with Crippen molar-refractivity contribution < 1.29 is 14.6 Å². The van der Waals surface area contributed by atoms with Crippen LogP contribution in [0.1, 0.15) is 55.3 Å². The fourth-order valence-corrected chi connectivity index (χ4v) is 4.68. The molecule has 1 aromatic heterocycles. The van der Waals surface area contributed by atoms with Crippen LogP contribution in [-0.2, 0) is 12.0 Å². The van der Waals surface area contributed by atoms with Crippen molar-refractivity contribution in [3.05, 3.63) is 44.7 Å². The first-order chi connectivity index (χ1) is 14.2. The molecule has 1 saturated heterocycles. The second kappa shape index (κ2) is 9.64. The molecule has 2 heterocycles. The number of thiazole rings is 1. The van der Waals surface area contributed by atoms with E-state index in [2.05, 4.69) is 36.9 Å². The first-order valence-corrected chi connectivity index (χ1v) is 11.4. The number of aromatic nitrogens is 1. The Morgan fingerprint density at radius 1 is 1.33 bits per heavy atom. The molecule has 1 aliphatic heterocycles. The maximum atomic E-state index is 13.0. The number of halogens is 1. The molecule has 164 valence electrons. The molecular weight excluding hydrogens is 422 g/mol. The van der Waals surface area contributed by atoms with E-state index in [1.807, 2.05) is 4.57 Å². The van der Waals surface area contributed by atoms with Crippen LogP contribution >= 0.6 is 22.9 Å². The van der Waals surface area contributed by atoms with Crippen LogP contribution in [0.25, 0.3) is 0 Å². The van der Waals surface area contributed by atoms with Crippen LogP contribution < -0.4 is 9.54 Å². The van der Waals surface area contributed by atoms with E-state index in [-0.39, 0.29) is 11.3 Å². The Hall–Kier alpha value is -1.67. The van der Waals surface area contributed by atoms with Gasteiger partial charge in [0.15, 0.2) is 4.80 Å². The smallest absolute Gasteiger partial charge is 0.283 e. The van der Waals surface area contributed by atoms with Gasteiger partial charge in [0.25, 0.3) is 5.91 Å². The Morgan fingerprint density at radius 2 is 2.10 bits per heavy atom. The van der Waals surface area contributed by atoms with Gasteiger partial charge in [-0.3, -0.25) is 9.69 Å². The zero-order valence-corrected chi connectivity index (χ0v) is 19.6. The number of methoxy groups -OCH3 is 1. The lowest BCUT2D eigenvalue weighted by atomic mass is 9.95. The predicted molar refractivity (Wildman–Crippen MR) is 120 cm³/mol. The summed E-state index contributed by atoms with van der Waals surface area (Å²) in [5, 5.41) is 10.7. The highest BCUT2D eigenvalue weighted by molar-refractivity contribution is 7.09. The van der Waals surface area contributed by atoms with Crippen LogP contribution in [0.4, 0.5) is 0 Å². The minimum Gasteiger partial charge on any atom is -0.496 e. The van der Waals surface area contributed by atoms with Crippen molar-refractivity contribution in [1.82, 2.24) is 9.47 Å². The van der Waals surface area contributed by atoms with Crippen molar-refractivity contribution in [2.24, 2.45) is 4.99 Å². The number of rotatable bonds is 5. The van der Waals surface area contributed by atoms with Crippen molar-refractivity contribution in [3.63, 3.8) is 0 Å². The highest BCUT2D eigenvalue weighted by Crippen LogP contribution is 2.26. The number of likely N-dealkylation sites (tertiary alicyclic amines) is 1. The monoisotopic (exact) mass is 451 g/mol. The van der Waals surface area contributed by atoms with Crippen molar-refractivity contribution >= 4 is 28.8 Å². The number of aliphatic hydroxyl groups is 1. The van der Waals surface area contributed by atoms with Gasteiger partial charge in [-0.1, -0.05) is 32.4 Å². The molecule has 2 aromatic rings. The third-order valence-corrected chi connectivity index (χ3v) is 6.94. The summed E-state index contributed by atoms with van der Waals surface area (Å²) in [5.41, 5.74) is 0.287. The average molecular weight is 452 g/mol. The van der Waals surface area contributed by atoms with Gasteiger partial charge < -0.3 is 14.4 Å². The third kappa shape index (κ3) is 5.52. The van der Waals surface area contributed by atoms with Gasteiger partial charge in [0, 0.05) is 35.7 Å². The van der Waals surface area contributed by atoms with E-state index in [1.165, 1.54) is 18.4 Å². The molecule has 1 aliphatic rings. The Morgan fingerprint density at radius 3 is 2.77 bits per heavy atom. The molecule has 1 aromatic carbocycles. The van der Waals surface area contributed by atoms with Crippen LogP contribution in [0.5, 0.6) is 5.75 Å². The van der Waals surface area contributed by atoms with Crippen molar-refractivity contribution in [2.75, 3.05) is 20.2 Å². The van der Waals surface area contributed by atoms with E-state index in [0.717, 1.165) is 30.7 Å². The number of nitrogens with zero attached hydrogens (tertiary/aromatic N) is 3. The largest absolute Gasteiger partial charge is 0.496 e. The van der Waals surface area contributed by atoms with Gasteiger partial charge in [0.1, 0.15) is 12.0 Å². The van der Waals surface area contributed by atoms with Gasteiger partial charge in [-0.15, -0.1) is 11.3 Å². The average Bonchev–Trinajstić information content (AvgIpc) is 3.10. The Balaban J connectivity index is 1.93. The summed E-state index contributed by atoms with van der Waals surface area (Å²) >= 11 is 7.60. The second-order valence-corrected chi connectivity index (χ2v) is 10.0. The van der Waals surface area contributed by atoms with Crippen molar-refractivity contribution in [2.45, 2.75) is 58.2 Å². The fourth-order valence-electron chi connectivity index (χ4n) is 3.44. The highest BCUT2D eigenvalue weighted by atomic mass is 35.5. The summed E-state index contributed by atoms with van der Waals surface area (Å²) in [7, 11) is 1.52. The molecule has 0 aliphatic carbocycles. The van der Waals surface area contributed by atoms with E-state index in [4.69, 9.17) is 16.3 Å². The summed E-state index contributed by atoms with van der Waals surface area (Å²) < 4.78 is 7.33. The molecule has 6 nitrogen and oxygen atoms in total. The Labute approximate surface area is 186 Å². The van der Waals surface area contributed by atoms with E-state index < -0.39 is 6.23 Å². The van der Waals surface area contributed by atoms with Gasteiger partial charge >= 0.3 is 0 Å². The summed E-state index contributed by atoms with van der Waals surface area (Å²) in [5.74, 6) is 0.0622. The SMILES string of the molecule is COc1ccc(Cl)cc1C(=O)N=c1sc(C(C)(C)C)cn1CCN1CCCCC1O. The summed E-state index contributed by atoms with van der Waals surface area (Å²) in [4.78, 5) is 21.2. The molecule has 0 saturated carbocycles. The van der Waals surface area contributed by atoms with Crippen molar-refractivity contribution in [1.29, 1.82) is 0 Å². The Kier molecular flexibility index (Phi) is 7.39. The van der Waals surface area contributed by atoms with E-state index in [0.29, 0.717) is 34.2 Å². The van der Waals surface area contributed by atoms with Crippen LogP contribution in [0.2, 0.25) is 5.02 Å². The lowest BCUT2D eigenvalue weighted by Crippen LogP contribution is -2.41. The molecule has 30 heavy (non-hydrogen) atoms. The minimum atomic E-state index is -0.391. The van der Waals surface area contributed by atoms with Gasteiger partial charge in [0.05, 0.1) is 12.7 Å². The fraction of sp³-hybridized carbons (Fsp3) is 0.545. The molecule has 0 radical (unpaired) electrons. The molecule has 1 atom stereocenters. The molecule has 1 N–H and O–H groups in total. The lowest BCUT2D eigenvalue weighted by molar-refractivity contribution is -0.0253. The first kappa shape index (κ1) is 23.0. The zero-order chi connectivity index (χ0) is 21.9. The zero-order valence-electron chi connectivity index (χ0n) is 18.0. The number of benzene rings is 1. The Bertz CT molecular complexity index is 961. The molecular formula is C22H30ClN3O3S. The number of piperidine rings is 1. The van der Waals surface area contributed by atoms with Gasteiger partial charge in [-0.25, -0.2) is 0 Å². The molecule has 3 rings (SSSR count). The van der Waals surface area contributed by atoms with E-state index >= 15 is 0 Å². The quantitative estimate of drug-likeness (QED) is 0.744. The summed E-state index contributed by atoms with van der Waals surface area (Å²) in [6.45, 7) is 8.68. The van der Waals surface area contributed by atoms with E-state index in [1.54, 1.807) is 18.2 Å². The number of amides is 1. The number of ether oxygens (including phenoxy) is 1. The minimum absolute atomic E-state index is 0.0540. The summed E-state index contributed by atoms with van der Waals surface area (Å²) in [6, 6.07) is 4.94. The normalized spacial score (nSPS) is 18.6. The first-order valence-electron chi connectivity index (χ1n) is 10.2. The number of hydrogen-bond donors (Lipinski definition) is 1. The molecule has 1 unspecified atom stereocenters. The number of hydrogen-bond acceptors (Lipinski definition) is 5. The topological polar surface area (TPSA) is 67.1 Å². The summed E-state index contributed by atoms with van der Waals surface area (Å²) in [6.07, 6.45) is 4.66. The van der Waals surface area contributed by atoms with Crippen LogP contribution in [-0.4, -0.2) is 46.9 Å². The number of aliphatic hydroxyl groups excluding tert-OH is 1. The van der Waals surface area contributed by atoms with Gasteiger partial charge in [-0.2, -0.15) is 4.99 Å². The van der Waals surface area contributed by atoms with E-state index in [9.17, 15) is 9.90 Å². The maximum Gasteiger partial charge on any atom is 0.283 e. The standard InChI is InChI=1S/C22H30ClN3O3S/c1-22(2,3)18-14-26(12-11-25-10-6-5-7-19(25)27)21(30-18)24-20(28)16-13-15(23)8-9-17(16)29-4/h8-9,13-14,19,27H,5-7,10-12H2,1-4H3. The second-order valence-electron chi connectivity index (χ2n) is 8.60. The predicted octanol–water partition coefficient (Wildman–Crippen LogP) is 4.05. The number of carbonyl (C=O) groups is 1. The maximum absolute atomic E-state index is 13.0. The van der Waals surface area contributed by atoms with Crippen molar-refractivity contribution in [3.8, 4) is 5.75 Å². The molecule has 0 bridgehead atoms. The third-order valence-electron chi connectivity index (χ3n) is 5.26. The van der Waals surface area contributed by atoms with Crippen LogP contribution in [0.3, 0.4) is 0 Å². The van der Waals surface area contributed by atoms with Gasteiger partial charge in [-0.05, 0) is 42.9 Å². The molecule has 8 heteroatoms. The molecule has 1 fully saturated rings. The highest BCUT2D eigenvalue weighted by Gasteiger charge is 2.22. The van der Waals surface area contributed by atoms with Crippen LogP contribution in [0, 0.1) is 0 Å². The lowest BCUT2D eigenvalue weighted by Gasteiger charge is -2.31. The van der Waals surface area contributed by atoms with Gasteiger partial charge in [0.2, 0.25) is 0 Å².